The third-order valence-electron chi connectivity index (χ3n) is 1.72. The van der Waals surface area contributed by atoms with Crippen LogP contribution in [0.5, 0.6) is 0 Å². The van der Waals surface area contributed by atoms with Gasteiger partial charge in [0.25, 0.3) is 0 Å². The van der Waals surface area contributed by atoms with Crippen LogP contribution in [0.15, 0.2) is 31.9 Å². The largest absolute Gasteiger partial charge is 0.427 e. The highest BCUT2D eigenvalue weighted by molar-refractivity contribution is 9.10. The van der Waals surface area contributed by atoms with Crippen LogP contribution in [0.25, 0.3) is 11.1 Å². The van der Waals surface area contributed by atoms with Crippen molar-refractivity contribution in [1.82, 2.24) is 4.57 Å². The number of rotatable bonds is 0. The van der Waals surface area contributed by atoms with Crippen molar-refractivity contribution in [2.45, 2.75) is 0 Å². The molecule has 0 radical (unpaired) electrons. The maximum atomic E-state index is 11.2. The first kappa shape index (κ1) is 9.48. The van der Waals surface area contributed by atoms with Gasteiger partial charge in [0.05, 0.1) is 5.52 Å². The van der Waals surface area contributed by atoms with Crippen LogP contribution in [-0.4, -0.2) is 9.93 Å². The van der Waals surface area contributed by atoms with E-state index in [-0.39, 0.29) is 0 Å². The van der Waals surface area contributed by atoms with Crippen LogP contribution >= 0.6 is 27.5 Å². The van der Waals surface area contributed by atoms with Crippen LogP contribution in [0.1, 0.15) is 0 Å². The third kappa shape index (κ3) is 1.38. The molecule has 1 aromatic carbocycles. The molecule has 1 aromatic heterocycles. The summed E-state index contributed by atoms with van der Waals surface area (Å²) < 4.78 is 6.34. The van der Waals surface area contributed by atoms with E-state index in [4.69, 9.17) is 16.0 Å². The number of nitrogens with zero attached hydrogens (tertiary/aromatic N) is 1. The van der Waals surface area contributed by atoms with Crippen LogP contribution in [0.3, 0.4) is 0 Å². The second kappa shape index (κ2) is 3.25. The van der Waals surface area contributed by atoms with Crippen molar-refractivity contribution in [3.63, 3.8) is 0 Å². The average molecular weight is 276 g/mol. The zero-order valence-corrected chi connectivity index (χ0v) is 9.00. The highest BCUT2D eigenvalue weighted by Gasteiger charge is 2.13. The van der Waals surface area contributed by atoms with Gasteiger partial charge in [0, 0.05) is 4.47 Å². The highest BCUT2D eigenvalue weighted by Crippen LogP contribution is 2.19. The van der Waals surface area contributed by atoms with E-state index in [0.29, 0.717) is 11.1 Å². The topological polar surface area (TPSA) is 52.2 Å². The predicted octanol–water partition coefficient (Wildman–Crippen LogP) is 2.56. The standard InChI is InChI=1S/C8H3BrClNO3/c9-4-1-2-5-6(3-4)14-8(13)11(5)7(10)12/h1-3H. The zero-order valence-electron chi connectivity index (χ0n) is 6.66. The molecule has 0 spiro atoms. The van der Waals surface area contributed by atoms with Gasteiger partial charge in [-0.15, -0.1) is 0 Å². The van der Waals surface area contributed by atoms with Gasteiger partial charge in [-0.3, -0.25) is 4.79 Å². The Bertz CT molecular complexity index is 571. The minimum Gasteiger partial charge on any atom is -0.407 e. The molecule has 0 aliphatic rings. The molecule has 0 aliphatic carbocycles. The Morgan fingerprint density at radius 1 is 1.50 bits per heavy atom. The van der Waals surface area contributed by atoms with Gasteiger partial charge in [0.2, 0.25) is 0 Å². The zero-order chi connectivity index (χ0) is 10.3. The molecule has 72 valence electrons. The second-order valence-corrected chi connectivity index (χ2v) is 3.81. The Labute approximate surface area is 91.2 Å². The van der Waals surface area contributed by atoms with E-state index in [2.05, 4.69) is 15.9 Å². The quantitative estimate of drug-likeness (QED) is 0.695. The van der Waals surface area contributed by atoms with E-state index < -0.39 is 11.1 Å². The van der Waals surface area contributed by atoms with Gasteiger partial charge in [-0.25, -0.2) is 4.79 Å². The van der Waals surface area contributed by atoms with Crippen LogP contribution < -0.4 is 5.76 Å². The van der Waals surface area contributed by atoms with Gasteiger partial charge in [0.15, 0.2) is 5.58 Å². The van der Waals surface area contributed by atoms with Crippen LogP contribution in [0, 0.1) is 0 Å². The number of carbonyl (C=O) groups is 1. The molecule has 0 bridgehead atoms. The molecule has 0 aliphatic heterocycles. The molecule has 14 heavy (non-hydrogen) atoms. The van der Waals surface area contributed by atoms with E-state index in [0.717, 1.165) is 9.04 Å². The van der Waals surface area contributed by atoms with Crippen molar-refractivity contribution in [3.8, 4) is 0 Å². The molecule has 2 rings (SSSR count). The second-order valence-electron chi connectivity index (χ2n) is 2.57. The molecule has 0 atom stereocenters. The summed E-state index contributed by atoms with van der Waals surface area (Å²) in [6, 6.07) is 4.85. The maximum Gasteiger partial charge on any atom is 0.427 e. The van der Waals surface area contributed by atoms with E-state index in [1.54, 1.807) is 18.2 Å². The Morgan fingerprint density at radius 3 is 2.86 bits per heavy atom. The number of aromatic nitrogens is 1. The number of oxazole rings is 1. The summed E-state index contributed by atoms with van der Waals surface area (Å²) >= 11 is 8.43. The third-order valence-corrected chi connectivity index (χ3v) is 2.38. The molecule has 1 heterocycles. The molecule has 0 saturated heterocycles. The Balaban J connectivity index is 2.91. The SMILES string of the molecule is O=C(Cl)n1c(=O)oc2cc(Br)ccc21. The minimum absolute atomic E-state index is 0.318. The number of hydrogen-bond acceptors (Lipinski definition) is 3. The molecule has 0 unspecified atom stereocenters. The summed E-state index contributed by atoms with van der Waals surface area (Å²) in [5.74, 6) is -0.780. The molecule has 0 amide bonds. The summed E-state index contributed by atoms with van der Waals surface area (Å²) in [7, 11) is 0. The smallest absolute Gasteiger partial charge is 0.407 e. The van der Waals surface area contributed by atoms with Gasteiger partial charge < -0.3 is 4.42 Å². The summed E-state index contributed by atoms with van der Waals surface area (Å²) in [5.41, 5.74) is 0.677. The van der Waals surface area contributed by atoms with E-state index in [1.165, 1.54) is 0 Å². The lowest BCUT2D eigenvalue weighted by Crippen LogP contribution is -2.17. The van der Waals surface area contributed by atoms with Gasteiger partial charge in [0.1, 0.15) is 0 Å². The fourth-order valence-electron chi connectivity index (χ4n) is 1.16. The predicted molar refractivity (Wildman–Crippen MR) is 54.8 cm³/mol. The molecule has 0 N–H and O–H groups in total. The van der Waals surface area contributed by atoms with E-state index in [1.807, 2.05) is 0 Å². The van der Waals surface area contributed by atoms with Crippen LogP contribution in [0.2, 0.25) is 0 Å². The first-order valence-electron chi connectivity index (χ1n) is 3.60. The number of carbonyl (C=O) groups excluding carboxylic acids is 1. The molecule has 6 heteroatoms. The molecule has 4 nitrogen and oxygen atoms in total. The first-order valence-corrected chi connectivity index (χ1v) is 4.77. The van der Waals surface area contributed by atoms with Crippen molar-refractivity contribution in [2.75, 3.05) is 0 Å². The lowest BCUT2D eigenvalue weighted by atomic mass is 10.3. The lowest BCUT2D eigenvalue weighted by Gasteiger charge is -1.92. The van der Waals surface area contributed by atoms with E-state index in [9.17, 15) is 9.59 Å². The van der Waals surface area contributed by atoms with Gasteiger partial charge in [-0.2, -0.15) is 4.57 Å². The van der Waals surface area contributed by atoms with Crippen molar-refractivity contribution in [1.29, 1.82) is 0 Å². The molecule has 0 fully saturated rings. The minimum atomic E-state index is -0.879. The molecular weight excluding hydrogens is 273 g/mol. The average Bonchev–Trinajstić information content (AvgIpc) is 2.39. The summed E-state index contributed by atoms with van der Waals surface area (Å²) in [6.45, 7) is 0. The van der Waals surface area contributed by atoms with Gasteiger partial charge >= 0.3 is 11.1 Å². The fraction of sp³-hybridized carbons (Fsp3) is 0. The normalized spacial score (nSPS) is 10.7. The lowest BCUT2D eigenvalue weighted by molar-refractivity contribution is 0.260. The Hall–Kier alpha value is -1.07. The van der Waals surface area contributed by atoms with Crippen molar-refractivity contribution in [2.24, 2.45) is 0 Å². The number of benzene rings is 1. The highest BCUT2D eigenvalue weighted by atomic mass is 79.9. The summed E-state index contributed by atoms with van der Waals surface area (Å²) in [4.78, 5) is 22.1. The number of halogens is 2. The van der Waals surface area contributed by atoms with Gasteiger partial charge in [-0.05, 0) is 29.8 Å². The van der Waals surface area contributed by atoms with Crippen molar-refractivity contribution >= 4 is 44.0 Å². The number of fused-ring (bicyclic) bond motifs is 1. The summed E-state index contributed by atoms with van der Waals surface area (Å²) in [5, 5.41) is -0.879. The first-order chi connectivity index (χ1) is 6.59. The van der Waals surface area contributed by atoms with Crippen molar-refractivity contribution < 1.29 is 9.21 Å². The Kier molecular flexibility index (Phi) is 2.20. The van der Waals surface area contributed by atoms with Crippen LogP contribution in [0.4, 0.5) is 4.79 Å². The molecule has 2 aromatic rings. The number of hydrogen-bond donors (Lipinski definition) is 0. The van der Waals surface area contributed by atoms with Crippen LogP contribution in [-0.2, 0) is 0 Å². The summed E-state index contributed by atoms with van der Waals surface area (Å²) in [6.07, 6.45) is 0. The van der Waals surface area contributed by atoms with Gasteiger partial charge in [-0.1, -0.05) is 15.9 Å². The fourth-order valence-corrected chi connectivity index (χ4v) is 1.66. The monoisotopic (exact) mass is 275 g/mol. The Morgan fingerprint density at radius 2 is 2.21 bits per heavy atom. The molecule has 0 saturated carbocycles. The maximum absolute atomic E-state index is 11.2. The van der Waals surface area contributed by atoms with E-state index >= 15 is 0 Å². The van der Waals surface area contributed by atoms with Crippen molar-refractivity contribution in [3.05, 3.63) is 33.2 Å². The molecular formula is C8H3BrClNO3.